The quantitative estimate of drug-likeness (QED) is 0.0228. The van der Waals surface area contributed by atoms with Crippen LogP contribution in [0.1, 0.15) is 213 Å². The molecule has 71 heavy (non-hydrogen) atoms. The van der Waals surface area contributed by atoms with Gasteiger partial charge in [-0.15, -0.1) is 0 Å². The van der Waals surface area contributed by atoms with Gasteiger partial charge in [0.1, 0.15) is 18.8 Å². The molecule has 1 aliphatic rings. The second-order valence-electron chi connectivity index (χ2n) is 18.5. The summed E-state index contributed by atoms with van der Waals surface area (Å²) in [6, 6.07) is 0. The molecule has 0 aromatic heterocycles. The number of hydrogen-bond acceptors (Lipinski definition) is 11. The number of hydrogen-bond donors (Lipinski definition) is 3. The summed E-state index contributed by atoms with van der Waals surface area (Å²) >= 11 is 0. The molecule has 3 N–H and O–H groups in total. The molecule has 0 bridgehead atoms. The Bertz CT molecular complexity index is 1560. The largest absolute Gasteiger partial charge is 0.479 e. The number of allylic oxidation sites excluding steroid dienone is 14. The molecule has 0 spiro atoms. The number of aliphatic carboxylic acids is 1. The van der Waals surface area contributed by atoms with Crippen molar-refractivity contribution in [1.29, 1.82) is 0 Å². The first kappa shape index (κ1) is 64.9. The molecule has 1 saturated heterocycles. The van der Waals surface area contributed by atoms with Crippen LogP contribution in [0.5, 0.6) is 0 Å². The first-order valence-electron chi connectivity index (χ1n) is 27.6. The van der Waals surface area contributed by atoms with E-state index in [1.165, 1.54) is 57.8 Å². The van der Waals surface area contributed by atoms with Crippen molar-refractivity contribution in [2.75, 3.05) is 13.2 Å². The van der Waals surface area contributed by atoms with Gasteiger partial charge in [0, 0.05) is 19.3 Å². The number of carbonyl (C=O) groups excluding carboxylic acids is 3. The lowest BCUT2D eigenvalue weighted by molar-refractivity contribution is -0.301. The number of carbonyl (C=O) groups is 4. The molecule has 6 atom stereocenters. The minimum Gasteiger partial charge on any atom is -0.479 e. The minimum atomic E-state index is -1.92. The van der Waals surface area contributed by atoms with E-state index in [0.717, 1.165) is 89.9 Å². The van der Waals surface area contributed by atoms with Gasteiger partial charge in [-0.1, -0.05) is 189 Å². The smallest absolute Gasteiger partial charge is 0.335 e. The third kappa shape index (κ3) is 37.3. The average molecular weight is 997 g/mol. The standard InChI is InChI=1S/C59H96O12/c1-4-7-10-13-16-19-22-25-26-29-32-35-38-41-44-47-53(62)70-57-55(64)54(63)56(58(65)66)71-59(57)68-49-50(69-52(61)46-43-40-37-34-31-28-24-21-18-15-12-9-6-3)48-67-51(60)45-42-39-36-33-30-27-23-20-17-14-11-8-5-2/h7-8,10-11,16-17,19-20,25-27,30,32,35,50,54-57,59,63-64H,4-6,9,12-15,18,21-24,28-29,31,33-34,36-49H2,1-3H3,(H,65,66)/b10-7-,11-8-,19-16-,20-17-,26-25-,30-27-,35-32-. The van der Waals surface area contributed by atoms with E-state index in [1.807, 2.05) is 0 Å². The number of rotatable bonds is 45. The molecule has 0 aromatic rings. The minimum absolute atomic E-state index is 0.00300. The summed E-state index contributed by atoms with van der Waals surface area (Å²) in [6.07, 6.45) is 47.1. The van der Waals surface area contributed by atoms with Crippen LogP contribution >= 0.6 is 0 Å². The first-order chi connectivity index (χ1) is 34.6. The van der Waals surface area contributed by atoms with Crippen molar-refractivity contribution < 1.29 is 58.2 Å². The van der Waals surface area contributed by atoms with Crippen molar-refractivity contribution in [1.82, 2.24) is 0 Å². The van der Waals surface area contributed by atoms with E-state index in [2.05, 4.69) is 106 Å². The number of esters is 3. The Labute approximate surface area is 429 Å². The second kappa shape index (κ2) is 46.9. The number of carboxylic acids is 1. The van der Waals surface area contributed by atoms with Crippen molar-refractivity contribution in [2.24, 2.45) is 0 Å². The van der Waals surface area contributed by atoms with Gasteiger partial charge in [0.2, 0.25) is 0 Å². The highest BCUT2D eigenvalue weighted by Crippen LogP contribution is 2.26. The Kier molecular flexibility index (Phi) is 42.9. The van der Waals surface area contributed by atoms with Gasteiger partial charge >= 0.3 is 23.9 Å². The van der Waals surface area contributed by atoms with Crippen LogP contribution in [0, 0.1) is 0 Å². The van der Waals surface area contributed by atoms with Crippen LogP contribution in [-0.4, -0.2) is 89.2 Å². The summed E-state index contributed by atoms with van der Waals surface area (Å²) in [6.45, 7) is 5.70. The molecule has 404 valence electrons. The van der Waals surface area contributed by atoms with E-state index < -0.39 is 67.3 Å². The zero-order valence-corrected chi connectivity index (χ0v) is 44.2. The fourth-order valence-corrected chi connectivity index (χ4v) is 7.78. The summed E-state index contributed by atoms with van der Waals surface area (Å²) in [5.41, 5.74) is 0. The van der Waals surface area contributed by atoms with E-state index in [9.17, 15) is 34.5 Å². The zero-order chi connectivity index (χ0) is 51.8. The van der Waals surface area contributed by atoms with E-state index in [-0.39, 0.29) is 25.9 Å². The topological polar surface area (TPSA) is 175 Å². The lowest BCUT2D eigenvalue weighted by Crippen LogP contribution is -2.61. The van der Waals surface area contributed by atoms with Gasteiger partial charge in [-0.25, -0.2) is 4.79 Å². The molecule has 0 aromatic carbocycles. The van der Waals surface area contributed by atoms with Crippen molar-refractivity contribution in [3.05, 3.63) is 85.1 Å². The van der Waals surface area contributed by atoms with E-state index in [1.54, 1.807) is 0 Å². The Morgan fingerprint density at radius 2 is 0.887 bits per heavy atom. The molecule has 1 aliphatic heterocycles. The molecule has 1 heterocycles. The molecule has 12 nitrogen and oxygen atoms in total. The number of unbranched alkanes of at least 4 members (excludes halogenated alkanes) is 17. The maximum atomic E-state index is 13.1. The first-order valence-corrected chi connectivity index (χ1v) is 27.6. The SMILES string of the molecule is CC/C=C\C/C=C\C/C=C\C/C=C\CCCCC(=O)OC1C(OCC(COC(=O)CCCCC/C=C\C/C=C\C/C=C\CC)OC(=O)CCCCCCCCCCCCCCC)OC(C(=O)O)C(O)C1O. The average Bonchev–Trinajstić information content (AvgIpc) is 3.35. The predicted octanol–water partition coefficient (Wildman–Crippen LogP) is 13.6. The van der Waals surface area contributed by atoms with Crippen LogP contribution in [0.25, 0.3) is 0 Å². The van der Waals surface area contributed by atoms with Crippen molar-refractivity contribution >= 4 is 23.9 Å². The Balaban J connectivity index is 2.76. The molecular weight excluding hydrogens is 901 g/mol. The third-order valence-corrected chi connectivity index (χ3v) is 12.0. The molecule has 12 heteroatoms. The van der Waals surface area contributed by atoms with Gasteiger partial charge in [0.05, 0.1) is 6.61 Å². The van der Waals surface area contributed by atoms with Crippen LogP contribution in [0.2, 0.25) is 0 Å². The summed E-state index contributed by atoms with van der Waals surface area (Å²) in [7, 11) is 0. The van der Waals surface area contributed by atoms with E-state index in [4.69, 9.17) is 23.7 Å². The van der Waals surface area contributed by atoms with Crippen molar-refractivity contribution in [3.63, 3.8) is 0 Å². The number of ether oxygens (including phenoxy) is 5. The van der Waals surface area contributed by atoms with Gasteiger partial charge in [-0.3, -0.25) is 14.4 Å². The number of aliphatic hydroxyl groups is 2. The highest BCUT2D eigenvalue weighted by atomic mass is 16.7. The molecule has 1 rings (SSSR count). The van der Waals surface area contributed by atoms with Crippen molar-refractivity contribution in [3.8, 4) is 0 Å². The second-order valence-corrected chi connectivity index (χ2v) is 18.5. The Morgan fingerprint density at radius 3 is 1.38 bits per heavy atom. The molecule has 0 aliphatic carbocycles. The molecule has 0 saturated carbocycles. The van der Waals surface area contributed by atoms with Crippen molar-refractivity contribution in [2.45, 2.75) is 250 Å². The fourth-order valence-electron chi connectivity index (χ4n) is 7.78. The van der Waals surface area contributed by atoms with Crippen LogP contribution in [0.15, 0.2) is 85.1 Å². The van der Waals surface area contributed by atoms with Gasteiger partial charge in [0.25, 0.3) is 0 Å². The van der Waals surface area contributed by atoms with Crippen LogP contribution in [-0.2, 0) is 42.9 Å². The van der Waals surface area contributed by atoms with E-state index >= 15 is 0 Å². The van der Waals surface area contributed by atoms with Crippen LogP contribution in [0.4, 0.5) is 0 Å². The highest BCUT2D eigenvalue weighted by molar-refractivity contribution is 5.74. The van der Waals surface area contributed by atoms with Gasteiger partial charge in [0.15, 0.2) is 24.6 Å². The maximum Gasteiger partial charge on any atom is 0.335 e. The monoisotopic (exact) mass is 997 g/mol. The van der Waals surface area contributed by atoms with Gasteiger partial charge < -0.3 is 39.0 Å². The molecular formula is C59H96O12. The summed E-state index contributed by atoms with van der Waals surface area (Å²) in [5.74, 6) is -3.22. The molecule has 0 radical (unpaired) electrons. The Hall–Kier alpha value is -4.10. The molecule has 6 unspecified atom stereocenters. The van der Waals surface area contributed by atoms with Crippen LogP contribution in [0.3, 0.4) is 0 Å². The zero-order valence-electron chi connectivity index (χ0n) is 44.2. The van der Waals surface area contributed by atoms with Gasteiger partial charge in [-0.2, -0.15) is 0 Å². The maximum absolute atomic E-state index is 13.1. The number of aliphatic hydroxyl groups excluding tert-OH is 2. The highest BCUT2D eigenvalue weighted by Gasteiger charge is 2.50. The lowest BCUT2D eigenvalue weighted by Gasteiger charge is -2.40. The van der Waals surface area contributed by atoms with E-state index in [0.29, 0.717) is 25.7 Å². The third-order valence-electron chi connectivity index (χ3n) is 12.0. The molecule has 1 fully saturated rings. The van der Waals surface area contributed by atoms with Gasteiger partial charge in [-0.05, 0) is 89.9 Å². The Morgan fingerprint density at radius 1 is 0.479 bits per heavy atom. The summed E-state index contributed by atoms with van der Waals surface area (Å²) in [5, 5.41) is 31.4. The predicted molar refractivity (Wildman–Crippen MR) is 284 cm³/mol. The summed E-state index contributed by atoms with van der Waals surface area (Å²) < 4.78 is 28.3. The normalized spacial score (nSPS) is 19.1. The lowest BCUT2D eigenvalue weighted by atomic mass is 9.98. The summed E-state index contributed by atoms with van der Waals surface area (Å²) in [4.78, 5) is 50.9. The molecule has 0 amide bonds. The fraction of sp³-hybridized carbons (Fsp3) is 0.695. The van der Waals surface area contributed by atoms with Crippen LogP contribution < -0.4 is 0 Å². The number of carboxylic acid groups (broad SMARTS) is 1.